The van der Waals surface area contributed by atoms with E-state index in [9.17, 15) is 4.79 Å². The molecule has 0 saturated carbocycles. The minimum absolute atomic E-state index is 0.0288. The van der Waals surface area contributed by atoms with Crippen molar-refractivity contribution in [2.45, 2.75) is 32.8 Å². The Bertz CT molecular complexity index is 195. The average molecular weight is 184 g/mol. The molecule has 0 N–H and O–H groups in total. The SMILES string of the molecule is C#CCCOCC(=O)OC(C)(C)C. The van der Waals surface area contributed by atoms with Gasteiger partial charge in [-0.25, -0.2) is 4.79 Å². The minimum atomic E-state index is -0.452. The first-order valence-electron chi connectivity index (χ1n) is 4.19. The number of hydrogen-bond acceptors (Lipinski definition) is 3. The highest BCUT2D eigenvalue weighted by molar-refractivity contribution is 5.71. The van der Waals surface area contributed by atoms with Crippen LogP contribution in [0.15, 0.2) is 0 Å². The van der Waals surface area contributed by atoms with Gasteiger partial charge in [-0.2, -0.15) is 0 Å². The van der Waals surface area contributed by atoms with Crippen molar-refractivity contribution in [1.82, 2.24) is 0 Å². The highest BCUT2D eigenvalue weighted by atomic mass is 16.6. The smallest absolute Gasteiger partial charge is 0.332 e. The van der Waals surface area contributed by atoms with Crippen LogP contribution in [0.2, 0.25) is 0 Å². The van der Waals surface area contributed by atoms with Gasteiger partial charge >= 0.3 is 5.97 Å². The summed E-state index contributed by atoms with van der Waals surface area (Å²) in [5.74, 6) is 2.06. The van der Waals surface area contributed by atoms with Gasteiger partial charge < -0.3 is 9.47 Å². The van der Waals surface area contributed by atoms with Gasteiger partial charge in [-0.15, -0.1) is 12.3 Å². The molecule has 0 aromatic rings. The molecule has 3 nitrogen and oxygen atoms in total. The van der Waals surface area contributed by atoms with Gasteiger partial charge in [0.15, 0.2) is 0 Å². The first-order valence-corrected chi connectivity index (χ1v) is 4.19. The van der Waals surface area contributed by atoms with Gasteiger partial charge in [0.2, 0.25) is 0 Å². The van der Waals surface area contributed by atoms with E-state index in [0.717, 1.165) is 0 Å². The van der Waals surface area contributed by atoms with Crippen molar-refractivity contribution in [3.63, 3.8) is 0 Å². The number of hydrogen-bond donors (Lipinski definition) is 0. The molecule has 0 atom stereocenters. The fourth-order valence-electron chi connectivity index (χ4n) is 0.658. The molecule has 0 heterocycles. The van der Waals surface area contributed by atoms with Gasteiger partial charge in [-0.05, 0) is 20.8 Å². The summed E-state index contributed by atoms with van der Waals surface area (Å²) >= 11 is 0. The van der Waals surface area contributed by atoms with E-state index < -0.39 is 5.60 Å². The molecule has 3 heteroatoms. The predicted molar refractivity (Wildman–Crippen MR) is 50.1 cm³/mol. The second-order valence-corrected chi connectivity index (χ2v) is 3.59. The minimum Gasteiger partial charge on any atom is -0.458 e. The summed E-state index contributed by atoms with van der Waals surface area (Å²) in [7, 11) is 0. The van der Waals surface area contributed by atoms with Crippen molar-refractivity contribution in [2.75, 3.05) is 13.2 Å². The molecule has 0 radical (unpaired) electrons. The highest BCUT2D eigenvalue weighted by Crippen LogP contribution is 2.06. The van der Waals surface area contributed by atoms with E-state index in [-0.39, 0.29) is 12.6 Å². The maximum Gasteiger partial charge on any atom is 0.332 e. The Morgan fingerprint density at radius 1 is 1.46 bits per heavy atom. The fraction of sp³-hybridized carbons (Fsp3) is 0.700. The van der Waals surface area contributed by atoms with Crippen LogP contribution in [0.1, 0.15) is 27.2 Å². The number of terminal acetylenes is 1. The molecule has 0 saturated heterocycles. The van der Waals surface area contributed by atoms with E-state index in [1.165, 1.54) is 0 Å². The summed E-state index contributed by atoms with van der Waals surface area (Å²) < 4.78 is 9.97. The van der Waals surface area contributed by atoms with Crippen molar-refractivity contribution in [3.05, 3.63) is 0 Å². The van der Waals surface area contributed by atoms with Crippen LogP contribution in [0, 0.1) is 12.3 Å². The molecular formula is C10H16O3. The summed E-state index contributed by atoms with van der Waals surface area (Å²) in [6.07, 6.45) is 5.52. The van der Waals surface area contributed by atoms with Gasteiger partial charge in [0, 0.05) is 6.42 Å². The third kappa shape index (κ3) is 8.90. The Hall–Kier alpha value is -1.01. The molecule has 0 aliphatic heterocycles. The van der Waals surface area contributed by atoms with Crippen molar-refractivity contribution in [3.8, 4) is 12.3 Å². The predicted octanol–water partition coefficient (Wildman–Crippen LogP) is 1.37. The lowest BCUT2D eigenvalue weighted by Gasteiger charge is -2.19. The summed E-state index contributed by atoms with van der Waals surface area (Å²) in [4.78, 5) is 11.0. The third-order valence-corrected chi connectivity index (χ3v) is 1.03. The molecular weight excluding hydrogens is 168 g/mol. The van der Waals surface area contributed by atoms with E-state index >= 15 is 0 Å². The van der Waals surface area contributed by atoms with Crippen LogP contribution >= 0.6 is 0 Å². The molecule has 13 heavy (non-hydrogen) atoms. The third-order valence-electron chi connectivity index (χ3n) is 1.03. The second kappa shape index (κ2) is 5.60. The Kier molecular flexibility index (Phi) is 5.17. The summed E-state index contributed by atoms with van der Waals surface area (Å²) in [6.45, 7) is 5.81. The molecule has 0 bridgehead atoms. The topological polar surface area (TPSA) is 35.5 Å². The first-order chi connectivity index (χ1) is 5.95. The normalized spacial score (nSPS) is 10.6. The molecule has 0 aromatic carbocycles. The molecule has 0 unspecified atom stereocenters. The first kappa shape index (κ1) is 12.0. The van der Waals surface area contributed by atoms with Gasteiger partial charge in [0.05, 0.1) is 6.61 Å². The standard InChI is InChI=1S/C10H16O3/c1-5-6-7-12-8-9(11)13-10(2,3)4/h1H,6-8H2,2-4H3. The number of carbonyl (C=O) groups excluding carboxylic acids is 1. The van der Waals surface area contributed by atoms with Crippen molar-refractivity contribution in [2.24, 2.45) is 0 Å². The maximum atomic E-state index is 11.0. The largest absolute Gasteiger partial charge is 0.458 e. The zero-order valence-corrected chi connectivity index (χ0v) is 8.42. The molecule has 0 aromatic heterocycles. The van der Waals surface area contributed by atoms with Gasteiger partial charge in [0.25, 0.3) is 0 Å². The lowest BCUT2D eigenvalue weighted by Crippen LogP contribution is -2.26. The summed E-state index contributed by atoms with van der Waals surface area (Å²) in [6, 6.07) is 0. The number of carbonyl (C=O) groups is 1. The fourth-order valence-corrected chi connectivity index (χ4v) is 0.658. The van der Waals surface area contributed by atoms with Crippen LogP contribution in [-0.2, 0) is 14.3 Å². The van der Waals surface area contributed by atoms with E-state index in [4.69, 9.17) is 15.9 Å². The Labute approximate surface area is 79.4 Å². The number of rotatable bonds is 4. The summed E-state index contributed by atoms with van der Waals surface area (Å²) in [5.41, 5.74) is -0.452. The zero-order chi connectivity index (χ0) is 10.3. The molecule has 0 aliphatic rings. The van der Waals surface area contributed by atoms with Crippen LogP contribution in [-0.4, -0.2) is 24.8 Å². The summed E-state index contributed by atoms with van der Waals surface area (Å²) in [5, 5.41) is 0. The monoisotopic (exact) mass is 184 g/mol. The van der Waals surface area contributed by atoms with Crippen molar-refractivity contribution in [1.29, 1.82) is 0 Å². The lowest BCUT2D eigenvalue weighted by molar-refractivity contribution is -0.160. The Morgan fingerprint density at radius 3 is 2.54 bits per heavy atom. The molecule has 0 spiro atoms. The van der Waals surface area contributed by atoms with E-state index in [0.29, 0.717) is 13.0 Å². The molecule has 0 amide bonds. The molecule has 0 fully saturated rings. The van der Waals surface area contributed by atoms with E-state index in [1.807, 2.05) is 20.8 Å². The Balaban J connectivity index is 3.48. The Morgan fingerprint density at radius 2 is 2.08 bits per heavy atom. The van der Waals surface area contributed by atoms with Crippen LogP contribution in [0.4, 0.5) is 0 Å². The van der Waals surface area contributed by atoms with Crippen LogP contribution < -0.4 is 0 Å². The van der Waals surface area contributed by atoms with Crippen LogP contribution in [0.3, 0.4) is 0 Å². The second-order valence-electron chi connectivity index (χ2n) is 3.59. The quantitative estimate of drug-likeness (QED) is 0.376. The molecule has 0 aliphatic carbocycles. The number of esters is 1. The number of ether oxygens (including phenoxy) is 2. The molecule has 0 rings (SSSR count). The van der Waals surface area contributed by atoms with Gasteiger partial charge in [-0.1, -0.05) is 0 Å². The van der Waals surface area contributed by atoms with E-state index in [2.05, 4.69) is 5.92 Å². The van der Waals surface area contributed by atoms with Crippen molar-refractivity contribution < 1.29 is 14.3 Å². The van der Waals surface area contributed by atoms with E-state index in [1.54, 1.807) is 0 Å². The molecule has 74 valence electrons. The zero-order valence-electron chi connectivity index (χ0n) is 8.42. The highest BCUT2D eigenvalue weighted by Gasteiger charge is 2.15. The van der Waals surface area contributed by atoms with Gasteiger partial charge in [0.1, 0.15) is 12.2 Å². The van der Waals surface area contributed by atoms with Crippen LogP contribution in [0.25, 0.3) is 0 Å². The van der Waals surface area contributed by atoms with Gasteiger partial charge in [-0.3, -0.25) is 0 Å². The lowest BCUT2D eigenvalue weighted by atomic mass is 10.2. The maximum absolute atomic E-state index is 11.0. The van der Waals surface area contributed by atoms with Crippen molar-refractivity contribution >= 4 is 5.97 Å². The average Bonchev–Trinajstić information content (AvgIpc) is 1.94. The van der Waals surface area contributed by atoms with Crippen LogP contribution in [0.5, 0.6) is 0 Å².